The number of hydrogen-bond acceptors (Lipinski definition) is 10. The van der Waals surface area contributed by atoms with Crippen molar-refractivity contribution in [3.8, 4) is 0 Å². The largest absolute Gasteiger partial charge is 0.378 e. The summed E-state index contributed by atoms with van der Waals surface area (Å²) in [4.78, 5) is 10.3. The van der Waals surface area contributed by atoms with E-state index in [9.17, 15) is 26.9 Å². The van der Waals surface area contributed by atoms with E-state index in [0.717, 1.165) is 24.1 Å². The van der Waals surface area contributed by atoms with Crippen molar-refractivity contribution in [2.24, 2.45) is 0 Å². The highest BCUT2D eigenvalue weighted by atomic mass is 32.2. The van der Waals surface area contributed by atoms with Crippen LogP contribution in [0.2, 0.25) is 0 Å². The molecule has 0 bridgehead atoms. The van der Waals surface area contributed by atoms with Crippen LogP contribution in [0, 0.1) is 10.1 Å². The molecule has 2 aromatic carbocycles. The number of hydrogen-bond donors (Lipinski definition) is 2. The maximum atomic E-state index is 12.5. The molecular formula is C15H15N5O6S3. The molecule has 1 heterocycles. The van der Waals surface area contributed by atoms with Gasteiger partial charge in [0, 0.05) is 25.4 Å². The van der Waals surface area contributed by atoms with Gasteiger partial charge in [0.05, 0.1) is 21.5 Å². The Labute approximate surface area is 170 Å². The SMILES string of the molecule is CS(=O)(=O)c1ccc(NCCNS(=O)(=O)c2cccc3nsnc23)c([N+](=O)[O-])c1. The average Bonchev–Trinajstić information content (AvgIpc) is 3.13. The highest BCUT2D eigenvalue weighted by Crippen LogP contribution is 2.27. The van der Waals surface area contributed by atoms with Crippen LogP contribution in [0.25, 0.3) is 11.0 Å². The summed E-state index contributed by atoms with van der Waals surface area (Å²) >= 11 is 0.905. The number of aromatic nitrogens is 2. The summed E-state index contributed by atoms with van der Waals surface area (Å²) in [5.74, 6) is 0. The van der Waals surface area contributed by atoms with Crippen molar-refractivity contribution >= 4 is 54.0 Å². The maximum Gasteiger partial charge on any atom is 0.293 e. The number of nitrogens with zero attached hydrogens (tertiary/aromatic N) is 3. The van der Waals surface area contributed by atoms with Crippen molar-refractivity contribution in [1.29, 1.82) is 0 Å². The molecule has 0 saturated heterocycles. The Morgan fingerprint density at radius 2 is 1.86 bits per heavy atom. The predicted molar refractivity (Wildman–Crippen MR) is 107 cm³/mol. The Morgan fingerprint density at radius 1 is 1.10 bits per heavy atom. The van der Waals surface area contributed by atoms with Gasteiger partial charge in [-0.25, -0.2) is 21.6 Å². The first kappa shape index (κ1) is 21.0. The van der Waals surface area contributed by atoms with Gasteiger partial charge in [-0.15, -0.1) is 0 Å². The van der Waals surface area contributed by atoms with Gasteiger partial charge in [-0.2, -0.15) is 8.75 Å². The van der Waals surface area contributed by atoms with E-state index in [-0.39, 0.29) is 34.1 Å². The second-order valence-corrected chi connectivity index (χ2v) is 10.2. The first-order valence-corrected chi connectivity index (χ1v) is 12.1. The minimum absolute atomic E-state index is 0.00719. The molecule has 0 saturated carbocycles. The molecule has 0 radical (unpaired) electrons. The Bertz CT molecular complexity index is 1290. The molecule has 0 aliphatic heterocycles. The van der Waals surface area contributed by atoms with Gasteiger partial charge in [-0.3, -0.25) is 10.1 Å². The third-order valence-electron chi connectivity index (χ3n) is 3.87. The smallest absolute Gasteiger partial charge is 0.293 e. The van der Waals surface area contributed by atoms with Gasteiger partial charge in [0.2, 0.25) is 10.0 Å². The van der Waals surface area contributed by atoms with Gasteiger partial charge < -0.3 is 5.32 Å². The number of nitrogens with one attached hydrogen (secondary N) is 2. The van der Waals surface area contributed by atoms with Crippen LogP contribution < -0.4 is 10.0 Å². The quantitative estimate of drug-likeness (QED) is 0.289. The van der Waals surface area contributed by atoms with Crippen LogP contribution in [0.15, 0.2) is 46.2 Å². The fourth-order valence-electron chi connectivity index (χ4n) is 2.50. The summed E-state index contributed by atoms with van der Waals surface area (Å²) in [6, 6.07) is 8.09. The molecule has 1 aromatic heterocycles. The number of nitro groups is 1. The molecule has 0 amide bonds. The van der Waals surface area contributed by atoms with Crippen molar-refractivity contribution in [3.63, 3.8) is 0 Å². The number of benzene rings is 2. The minimum atomic E-state index is -3.86. The van der Waals surface area contributed by atoms with E-state index in [4.69, 9.17) is 0 Å². The van der Waals surface area contributed by atoms with Crippen molar-refractivity contribution in [2.45, 2.75) is 9.79 Å². The minimum Gasteiger partial charge on any atom is -0.378 e. The molecule has 29 heavy (non-hydrogen) atoms. The van der Waals surface area contributed by atoms with Gasteiger partial charge in [-0.05, 0) is 24.3 Å². The molecule has 3 rings (SSSR count). The summed E-state index contributed by atoms with van der Waals surface area (Å²) < 4.78 is 58.5. The van der Waals surface area contributed by atoms with E-state index in [1.165, 1.54) is 18.2 Å². The van der Waals surface area contributed by atoms with Gasteiger partial charge >= 0.3 is 0 Å². The van der Waals surface area contributed by atoms with Crippen LogP contribution in [0.4, 0.5) is 11.4 Å². The Kier molecular flexibility index (Phi) is 5.79. The zero-order valence-corrected chi connectivity index (χ0v) is 17.3. The summed E-state index contributed by atoms with van der Waals surface area (Å²) in [5.41, 5.74) is 0.393. The summed E-state index contributed by atoms with van der Waals surface area (Å²) in [6.07, 6.45) is 0.951. The Balaban J connectivity index is 1.70. The lowest BCUT2D eigenvalue weighted by atomic mass is 10.2. The van der Waals surface area contributed by atoms with E-state index in [1.54, 1.807) is 12.1 Å². The molecule has 0 aliphatic rings. The van der Waals surface area contributed by atoms with Gasteiger partial charge in [0.15, 0.2) is 9.84 Å². The third kappa shape index (κ3) is 4.67. The normalized spacial score (nSPS) is 12.2. The third-order valence-corrected chi connectivity index (χ3v) is 7.01. The zero-order valence-electron chi connectivity index (χ0n) is 14.9. The fourth-order valence-corrected chi connectivity index (χ4v) is 4.94. The number of sulfone groups is 1. The average molecular weight is 458 g/mol. The predicted octanol–water partition coefficient (Wildman–Crippen LogP) is 1.39. The number of sulfonamides is 1. The molecule has 3 aromatic rings. The second kappa shape index (κ2) is 7.98. The lowest BCUT2D eigenvalue weighted by molar-refractivity contribution is -0.384. The van der Waals surface area contributed by atoms with Crippen LogP contribution >= 0.6 is 11.7 Å². The van der Waals surface area contributed by atoms with Gasteiger partial charge in [-0.1, -0.05) is 6.07 Å². The number of fused-ring (bicyclic) bond motifs is 1. The van der Waals surface area contributed by atoms with Crippen LogP contribution in [-0.4, -0.2) is 49.9 Å². The first-order chi connectivity index (χ1) is 13.6. The van der Waals surface area contributed by atoms with Crippen molar-refractivity contribution in [1.82, 2.24) is 13.5 Å². The van der Waals surface area contributed by atoms with Gasteiger partial charge in [0.1, 0.15) is 21.6 Å². The molecule has 11 nitrogen and oxygen atoms in total. The molecule has 0 atom stereocenters. The summed E-state index contributed by atoms with van der Waals surface area (Å²) in [5, 5.41) is 14.0. The number of anilines is 1. The van der Waals surface area contributed by atoms with Crippen molar-refractivity contribution < 1.29 is 21.8 Å². The second-order valence-electron chi connectivity index (χ2n) is 5.92. The molecule has 154 valence electrons. The highest BCUT2D eigenvalue weighted by molar-refractivity contribution is 7.90. The maximum absolute atomic E-state index is 12.5. The Hall–Kier alpha value is -2.68. The monoisotopic (exact) mass is 457 g/mol. The lowest BCUT2D eigenvalue weighted by Crippen LogP contribution is -2.29. The van der Waals surface area contributed by atoms with E-state index >= 15 is 0 Å². The fraction of sp³-hybridized carbons (Fsp3) is 0.200. The highest BCUT2D eigenvalue weighted by Gasteiger charge is 2.20. The van der Waals surface area contributed by atoms with E-state index in [1.807, 2.05) is 0 Å². The molecule has 0 spiro atoms. The van der Waals surface area contributed by atoms with E-state index in [2.05, 4.69) is 18.8 Å². The van der Waals surface area contributed by atoms with Crippen LogP contribution in [-0.2, 0) is 19.9 Å². The standard InChI is InChI=1S/C15H15N5O6S3/c1-28(23,24)10-5-6-11(13(9-10)20(21)22)16-7-8-17-29(25,26)14-4-2-3-12-15(14)19-27-18-12/h2-6,9,16-17H,7-8H2,1H3. The molecule has 0 aliphatic carbocycles. The van der Waals surface area contributed by atoms with Gasteiger partial charge in [0.25, 0.3) is 5.69 Å². The van der Waals surface area contributed by atoms with Crippen molar-refractivity contribution in [2.75, 3.05) is 24.7 Å². The number of rotatable bonds is 8. The molecule has 0 fully saturated rings. The summed E-state index contributed by atoms with van der Waals surface area (Å²) in [7, 11) is -7.46. The van der Waals surface area contributed by atoms with Crippen LogP contribution in [0.3, 0.4) is 0 Å². The zero-order chi connectivity index (χ0) is 21.2. The van der Waals surface area contributed by atoms with Crippen LogP contribution in [0.1, 0.15) is 0 Å². The Morgan fingerprint density at radius 3 is 2.55 bits per heavy atom. The topological polar surface area (TPSA) is 161 Å². The number of nitro benzene ring substituents is 1. The first-order valence-electron chi connectivity index (χ1n) is 8.03. The van der Waals surface area contributed by atoms with Crippen LogP contribution in [0.5, 0.6) is 0 Å². The van der Waals surface area contributed by atoms with Crippen molar-refractivity contribution in [3.05, 3.63) is 46.5 Å². The molecule has 14 heteroatoms. The van der Waals surface area contributed by atoms with E-state index < -0.39 is 30.5 Å². The van der Waals surface area contributed by atoms with E-state index in [0.29, 0.717) is 5.52 Å². The summed E-state index contributed by atoms with van der Waals surface area (Å²) in [6.45, 7) is -0.0369. The molecular weight excluding hydrogens is 442 g/mol. The molecule has 0 unspecified atom stereocenters. The lowest BCUT2D eigenvalue weighted by Gasteiger charge is -2.10. The molecule has 2 N–H and O–H groups in total.